The lowest BCUT2D eigenvalue weighted by Gasteiger charge is -2.40. The van der Waals surface area contributed by atoms with Crippen LogP contribution in [0.3, 0.4) is 0 Å². The van der Waals surface area contributed by atoms with Crippen LogP contribution >= 0.6 is 0 Å². The van der Waals surface area contributed by atoms with E-state index in [4.69, 9.17) is 4.74 Å². The van der Waals surface area contributed by atoms with Crippen molar-refractivity contribution < 1.29 is 14.6 Å². The van der Waals surface area contributed by atoms with E-state index in [0.29, 0.717) is 6.42 Å². The number of aliphatic carboxylic acids is 1. The minimum Gasteiger partial charge on any atom is -0.480 e. The molecular weight excluding hydrogens is 206 g/mol. The normalized spacial score (nSPS) is 16.2. The van der Waals surface area contributed by atoms with Gasteiger partial charge in [0, 0.05) is 13.5 Å². The molecule has 0 heterocycles. The molecule has 0 amide bonds. The first kappa shape index (κ1) is 15.4. The zero-order valence-corrected chi connectivity index (χ0v) is 11.3. The molecular formula is C12H25NO3. The van der Waals surface area contributed by atoms with Crippen molar-refractivity contribution in [1.29, 1.82) is 0 Å². The van der Waals surface area contributed by atoms with Gasteiger partial charge in [-0.1, -0.05) is 6.92 Å². The predicted octanol–water partition coefficient (Wildman–Crippen LogP) is 1.99. The molecule has 0 radical (unpaired) electrons. The molecule has 1 atom stereocenters. The highest BCUT2D eigenvalue weighted by Crippen LogP contribution is 2.28. The molecule has 0 fully saturated rings. The Morgan fingerprint density at radius 1 is 1.38 bits per heavy atom. The zero-order valence-electron chi connectivity index (χ0n) is 11.3. The average molecular weight is 231 g/mol. The van der Waals surface area contributed by atoms with Crippen molar-refractivity contribution in [2.24, 2.45) is 0 Å². The molecule has 0 saturated heterocycles. The molecule has 96 valence electrons. The topological polar surface area (TPSA) is 49.8 Å². The second-order valence-corrected chi connectivity index (χ2v) is 5.14. The summed E-state index contributed by atoms with van der Waals surface area (Å²) in [7, 11) is 3.46. The van der Waals surface area contributed by atoms with Gasteiger partial charge >= 0.3 is 5.97 Å². The highest BCUT2D eigenvalue weighted by atomic mass is 16.5. The maximum absolute atomic E-state index is 11.4. The third kappa shape index (κ3) is 3.76. The van der Waals surface area contributed by atoms with Crippen molar-refractivity contribution in [2.45, 2.75) is 51.7 Å². The zero-order chi connectivity index (χ0) is 13.0. The molecule has 0 bridgehead atoms. The fraction of sp³-hybridized carbons (Fsp3) is 0.917. The van der Waals surface area contributed by atoms with Crippen LogP contribution in [-0.4, -0.2) is 47.8 Å². The third-order valence-corrected chi connectivity index (χ3v) is 3.18. The van der Waals surface area contributed by atoms with E-state index < -0.39 is 17.1 Å². The van der Waals surface area contributed by atoms with Gasteiger partial charge in [-0.25, -0.2) is 0 Å². The summed E-state index contributed by atoms with van der Waals surface area (Å²) in [5.41, 5.74) is -1.31. The number of carboxylic acids is 1. The SMILES string of the molecule is CCCN(C)C(C)(CC(C)(C)OC)C(=O)O. The van der Waals surface area contributed by atoms with Gasteiger partial charge in [-0.3, -0.25) is 9.69 Å². The van der Waals surface area contributed by atoms with Gasteiger partial charge < -0.3 is 9.84 Å². The second kappa shape index (κ2) is 5.64. The van der Waals surface area contributed by atoms with Gasteiger partial charge in [-0.15, -0.1) is 0 Å². The highest BCUT2D eigenvalue weighted by molar-refractivity contribution is 5.78. The number of hydrogen-bond donors (Lipinski definition) is 1. The average Bonchev–Trinajstić information content (AvgIpc) is 2.17. The van der Waals surface area contributed by atoms with Crippen molar-refractivity contribution >= 4 is 5.97 Å². The van der Waals surface area contributed by atoms with Gasteiger partial charge in [-0.05, 0) is 40.8 Å². The number of ether oxygens (including phenoxy) is 1. The van der Waals surface area contributed by atoms with Gasteiger partial charge in [0.25, 0.3) is 0 Å². The van der Waals surface area contributed by atoms with E-state index in [2.05, 4.69) is 0 Å². The summed E-state index contributed by atoms with van der Waals surface area (Å²) in [5, 5.41) is 9.39. The molecule has 0 aliphatic heterocycles. The smallest absolute Gasteiger partial charge is 0.323 e. The molecule has 16 heavy (non-hydrogen) atoms. The summed E-state index contributed by atoms with van der Waals surface area (Å²) in [6.45, 7) is 8.39. The van der Waals surface area contributed by atoms with E-state index in [1.807, 2.05) is 32.7 Å². The van der Waals surface area contributed by atoms with E-state index in [9.17, 15) is 9.90 Å². The predicted molar refractivity (Wildman–Crippen MR) is 64.7 cm³/mol. The largest absolute Gasteiger partial charge is 0.480 e. The van der Waals surface area contributed by atoms with Crippen molar-refractivity contribution in [2.75, 3.05) is 20.7 Å². The number of nitrogens with zero attached hydrogens (tertiary/aromatic N) is 1. The first-order valence-corrected chi connectivity index (χ1v) is 5.69. The molecule has 1 N–H and O–H groups in total. The van der Waals surface area contributed by atoms with Gasteiger partial charge in [0.2, 0.25) is 0 Å². The Labute approximate surface area is 98.6 Å². The van der Waals surface area contributed by atoms with E-state index in [1.165, 1.54) is 0 Å². The molecule has 0 aromatic rings. The van der Waals surface area contributed by atoms with Crippen LogP contribution in [0.25, 0.3) is 0 Å². The van der Waals surface area contributed by atoms with Crippen LogP contribution in [0.15, 0.2) is 0 Å². The summed E-state index contributed by atoms with van der Waals surface area (Å²) in [5.74, 6) is -0.798. The van der Waals surface area contributed by atoms with Gasteiger partial charge in [0.05, 0.1) is 5.60 Å². The monoisotopic (exact) mass is 231 g/mol. The van der Waals surface area contributed by atoms with Gasteiger partial charge in [0.15, 0.2) is 0 Å². The van der Waals surface area contributed by atoms with Crippen LogP contribution in [0, 0.1) is 0 Å². The van der Waals surface area contributed by atoms with Crippen molar-refractivity contribution in [1.82, 2.24) is 4.90 Å². The molecule has 0 rings (SSSR count). The summed E-state index contributed by atoms with van der Waals surface area (Å²) >= 11 is 0. The Balaban J connectivity index is 4.90. The van der Waals surface area contributed by atoms with Crippen molar-refractivity contribution in [3.63, 3.8) is 0 Å². The second-order valence-electron chi connectivity index (χ2n) is 5.14. The third-order valence-electron chi connectivity index (χ3n) is 3.18. The van der Waals surface area contributed by atoms with E-state index in [0.717, 1.165) is 13.0 Å². The first-order chi connectivity index (χ1) is 7.19. The molecule has 0 aliphatic rings. The standard InChI is InChI=1S/C12H25NO3/c1-7-8-13(5)12(4,10(14)15)9-11(2,3)16-6/h7-9H2,1-6H3,(H,14,15). The molecule has 0 aromatic carbocycles. The van der Waals surface area contributed by atoms with Crippen LogP contribution in [-0.2, 0) is 9.53 Å². The van der Waals surface area contributed by atoms with Crippen molar-refractivity contribution in [3.05, 3.63) is 0 Å². The lowest BCUT2D eigenvalue weighted by Crippen LogP contribution is -2.54. The Morgan fingerprint density at radius 3 is 2.19 bits per heavy atom. The Morgan fingerprint density at radius 2 is 1.88 bits per heavy atom. The minimum absolute atomic E-state index is 0.435. The Kier molecular flexibility index (Phi) is 5.42. The van der Waals surface area contributed by atoms with Gasteiger partial charge in [-0.2, -0.15) is 0 Å². The van der Waals surface area contributed by atoms with Crippen LogP contribution in [0.1, 0.15) is 40.5 Å². The number of methoxy groups -OCH3 is 1. The van der Waals surface area contributed by atoms with Crippen LogP contribution < -0.4 is 0 Å². The first-order valence-electron chi connectivity index (χ1n) is 5.69. The fourth-order valence-electron chi connectivity index (χ4n) is 1.86. The van der Waals surface area contributed by atoms with E-state index in [1.54, 1.807) is 14.0 Å². The molecule has 1 unspecified atom stereocenters. The highest BCUT2D eigenvalue weighted by Gasteiger charge is 2.42. The summed E-state index contributed by atoms with van der Waals surface area (Å²) < 4.78 is 5.32. The van der Waals surface area contributed by atoms with Crippen molar-refractivity contribution in [3.8, 4) is 0 Å². The van der Waals surface area contributed by atoms with Gasteiger partial charge in [0.1, 0.15) is 5.54 Å². The number of rotatable bonds is 7. The lowest BCUT2D eigenvalue weighted by atomic mass is 9.86. The minimum atomic E-state index is -0.879. The summed E-state index contributed by atoms with van der Waals surface area (Å²) in [6.07, 6.45) is 1.40. The molecule has 0 aliphatic carbocycles. The maximum Gasteiger partial charge on any atom is 0.323 e. The number of hydrogen-bond acceptors (Lipinski definition) is 3. The fourth-order valence-corrected chi connectivity index (χ4v) is 1.86. The van der Waals surface area contributed by atoms with Crippen LogP contribution in [0.2, 0.25) is 0 Å². The molecule has 0 aromatic heterocycles. The molecule has 0 spiro atoms. The number of carbonyl (C=O) groups is 1. The Bertz CT molecular complexity index is 240. The molecule has 0 saturated carbocycles. The summed E-state index contributed by atoms with van der Waals surface area (Å²) in [6, 6.07) is 0. The number of likely N-dealkylation sites (N-methyl/N-ethyl adjacent to an activating group) is 1. The van der Waals surface area contributed by atoms with E-state index >= 15 is 0 Å². The lowest BCUT2D eigenvalue weighted by molar-refractivity contribution is -0.154. The maximum atomic E-state index is 11.4. The quantitative estimate of drug-likeness (QED) is 0.728. The van der Waals surface area contributed by atoms with Crippen LogP contribution in [0.4, 0.5) is 0 Å². The Hall–Kier alpha value is -0.610. The molecule has 4 nitrogen and oxygen atoms in total. The van der Waals surface area contributed by atoms with E-state index in [-0.39, 0.29) is 0 Å². The molecule has 4 heteroatoms. The van der Waals surface area contributed by atoms with Crippen LogP contribution in [0.5, 0.6) is 0 Å². The number of carboxylic acid groups (broad SMARTS) is 1. The summed E-state index contributed by atoms with van der Waals surface area (Å²) in [4.78, 5) is 13.3.